The van der Waals surface area contributed by atoms with E-state index >= 15 is 0 Å². The minimum Gasteiger partial charge on any atom is -0.481 e. The van der Waals surface area contributed by atoms with E-state index in [9.17, 15) is 4.79 Å². The van der Waals surface area contributed by atoms with E-state index in [1.165, 1.54) is 4.88 Å². The third-order valence-electron chi connectivity index (χ3n) is 2.83. The lowest BCUT2D eigenvalue weighted by Gasteiger charge is -2.31. The molecule has 0 aliphatic carbocycles. The third-order valence-corrected chi connectivity index (χ3v) is 4.11. The Labute approximate surface area is 93.9 Å². The Bertz CT molecular complexity index is 359. The minimum absolute atomic E-state index is 0.0740. The zero-order chi connectivity index (χ0) is 11.6. The van der Waals surface area contributed by atoms with Crippen LogP contribution in [0.4, 0.5) is 0 Å². The summed E-state index contributed by atoms with van der Waals surface area (Å²) >= 11 is 1.62. The molecule has 0 aromatic carbocycles. The number of hydrogen-bond acceptors (Lipinski definition) is 3. The van der Waals surface area contributed by atoms with Crippen LogP contribution in [0.15, 0.2) is 12.1 Å². The summed E-state index contributed by atoms with van der Waals surface area (Å²) in [5, 5.41) is 8.92. The van der Waals surface area contributed by atoms with Crippen LogP contribution in [-0.2, 0) is 10.2 Å². The van der Waals surface area contributed by atoms with E-state index in [1.807, 2.05) is 32.9 Å². The van der Waals surface area contributed by atoms with E-state index in [2.05, 4.69) is 0 Å². The lowest BCUT2D eigenvalue weighted by atomic mass is 9.79. The highest BCUT2D eigenvalue weighted by Crippen LogP contribution is 2.35. The fraction of sp³-hybridized carbons (Fsp3) is 0.545. The molecule has 4 heteroatoms. The van der Waals surface area contributed by atoms with Crippen LogP contribution in [0, 0.1) is 6.92 Å². The predicted octanol–water partition coefficient (Wildman–Crippen LogP) is 2.14. The summed E-state index contributed by atoms with van der Waals surface area (Å²) in [6.45, 7) is 5.78. The highest BCUT2D eigenvalue weighted by molar-refractivity contribution is 7.12. The first-order valence-electron chi connectivity index (χ1n) is 4.90. The van der Waals surface area contributed by atoms with Gasteiger partial charge in [0.15, 0.2) is 0 Å². The van der Waals surface area contributed by atoms with Crippen molar-refractivity contribution in [1.82, 2.24) is 0 Å². The molecule has 0 radical (unpaired) electrons. The van der Waals surface area contributed by atoms with E-state index in [1.54, 1.807) is 11.3 Å². The monoisotopic (exact) mass is 227 g/mol. The van der Waals surface area contributed by atoms with Crippen molar-refractivity contribution >= 4 is 17.3 Å². The molecule has 1 aromatic rings. The summed E-state index contributed by atoms with van der Waals surface area (Å²) in [6, 6.07) is 3.81. The number of aliphatic carboxylic acids is 1. The molecule has 15 heavy (non-hydrogen) atoms. The quantitative estimate of drug-likeness (QED) is 0.828. The molecule has 0 saturated heterocycles. The maximum atomic E-state index is 10.8. The van der Waals surface area contributed by atoms with Crippen molar-refractivity contribution in [2.24, 2.45) is 5.73 Å². The Morgan fingerprint density at radius 1 is 1.67 bits per heavy atom. The largest absolute Gasteiger partial charge is 0.481 e. The summed E-state index contributed by atoms with van der Waals surface area (Å²) in [6.07, 6.45) is 0.0740. The fourth-order valence-electron chi connectivity index (χ4n) is 1.53. The van der Waals surface area contributed by atoms with Gasteiger partial charge in [-0.1, -0.05) is 6.92 Å². The van der Waals surface area contributed by atoms with Gasteiger partial charge in [0, 0.05) is 21.2 Å². The van der Waals surface area contributed by atoms with E-state index in [4.69, 9.17) is 10.8 Å². The normalized spacial score (nSPS) is 17.1. The molecule has 0 fully saturated rings. The van der Waals surface area contributed by atoms with Crippen molar-refractivity contribution in [3.8, 4) is 0 Å². The molecule has 1 heterocycles. The Morgan fingerprint density at radius 2 is 2.27 bits per heavy atom. The van der Waals surface area contributed by atoms with Crippen molar-refractivity contribution in [2.75, 3.05) is 0 Å². The Morgan fingerprint density at radius 3 is 2.60 bits per heavy atom. The van der Waals surface area contributed by atoms with E-state index in [0.717, 1.165) is 4.88 Å². The smallest absolute Gasteiger partial charge is 0.304 e. The number of rotatable bonds is 4. The Hall–Kier alpha value is -0.870. The molecule has 0 amide bonds. The molecule has 0 aliphatic rings. The van der Waals surface area contributed by atoms with Crippen molar-refractivity contribution in [3.05, 3.63) is 21.9 Å². The second kappa shape index (κ2) is 4.33. The predicted molar refractivity (Wildman–Crippen MR) is 62.3 cm³/mol. The van der Waals surface area contributed by atoms with Gasteiger partial charge < -0.3 is 10.8 Å². The number of aryl methyl sites for hydroxylation is 1. The number of carboxylic acid groups (broad SMARTS) is 1. The van der Waals surface area contributed by atoms with Gasteiger partial charge in [-0.05, 0) is 26.0 Å². The molecule has 3 N–H and O–H groups in total. The molecule has 2 atom stereocenters. The van der Waals surface area contributed by atoms with Crippen molar-refractivity contribution in [1.29, 1.82) is 0 Å². The van der Waals surface area contributed by atoms with E-state index in [-0.39, 0.29) is 12.5 Å². The van der Waals surface area contributed by atoms with Crippen LogP contribution in [-0.4, -0.2) is 17.1 Å². The summed E-state index contributed by atoms with van der Waals surface area (Å²) in [7, 11) is 0. The molecule has 2 unspecified atom stereocenters. The van der Waals surface area contributed by atoms with Crippen LogP contribution >= 0.6 is 11.3 Å². The molecule has 0 spiro atoms. The highest BCUT2D eigenvalue weighted by atomic mass is 32.1. The van der Waals surface area contributed by atoms with Gasteiger partial charge in [-0.25, -0.2) is 0 Å². The number of thiophene rings is 1. The fourth-order valence-corrected chi connectivity index (χ4v) is 2.64. The van der Waals surface area contributed by atoms with E-state index in [0.29, 0.717) is 0 Å². The Balaban J connectivity index is 3.06. The molecule has 0 saturated carbocycles. The molecule has 1 aromatic heterocycles. The van der Waals surface area contributed by atoms with Crippen LogP contribution in [0.25, 0.3) is 0 Å². The molecule has 3 nitrogen and oxygen atoms in total. The first-order chi connectivity index (χ1) is 6.86. The van der Waals surface area contributed by atoms with Crippen LogP contribution in [0.1, 0.15) is 30.0 Å². The van der Waals surface area contributed by atoms with Gasteiger partial charge in [0.1, 0.15) is 0 Å². The molecule has 0 aliphatic heterocycles. The molecule has 84 valence electrons. The SMILES string of the molecule is Cc1ccc(C(C)(CC(=O)O)C(C)N)s1. The van der Waals surface area contributed by atoms with E-state index < -0.39 is 11.4 Å². The second-order valence-corrected chi connectivity index (χ2v) is 5.47. The second-order valence-electron chi connectivity index (χ2n) is 4.19. The lowest BCUT2D eigenvalue weighted by molar-refractivity contribution is -0.138. The van der Waals surface area contributed by atoms with Crippen LogP contribution in [0.5, 0.6) is 0 Å². The zero-order valence-electron chi connectivity index (χ0n) is 9.28. The molecule has 0 bridgehead atoms. The molecular formula is C11H17NO2S. The van der Waals surface area contributed by atoms with Gasteiger partial charge in [-0.3, -0.25) is 4.79 Å². The first kappa shape index (κ1) is 12.2. The van der Waals surface area contributed by atoms with Crippen molar-refractivity contribution < 1.29 is 9.90 Å². The Kier molecular flexibility index (Phi) is 3.52. The van der Waals surface area contributed by atoms with Crippen LogP contribution in [0.3, 0.4) is 0 Å². The summed E-state index contributed by atoms with van der Waals surface area (Å²) < 4.78 is 0. The zero-order valence-corrected chi connectivity index (χ0v) is 10.1. The number of carboxylic acids is 1. The van der Waals surface area contributed by atoms with Gasteiger partial charge >= 0.3 is 5.97 Å². The molecule has 1 rings (SSSR count). The highest BCUT2D eigenvalue weighted by Gasteiger charge is 2.34. The maximum Gasteiger partial charge on any atom is 0.304 e. The lowest BCUT2D eigenvalue weighted by Crippen LogP contribution is -2.42. The number of hydrogen-bond donors (Lipinski definition) is 2. The maximum absolute atomic E-state index is 10.8. The van der Waals surface area contributed by atoms with Gasteiger partial charge in [0.25, 0.3) is 0 Å². The van der Waals surface area contributed by atoms with Gasteiger partial charge in [-0.2, -0.15) is 0 Å². The van der Waals surface area contributed by atoms with Crippen molar-refractivity contribution in [3.63, 3.8) is 0 Å². The number of nitrogens with two attached hydrogens (primary N) is 1. The van der Waals surface area contributed by atoms with Crippen molar-refractivity contribution in [2.45, 2.75) is 38.6 Å². The van der Waals surface area contributed by atoms with Gasteiger partial charge in [-0.15, -0.1) is 11.3 Å². The average molecular weight is 227 g/mol. The third kappa shape index (κ3) is 2.58. The first-order valence-corrected chi connectivity index (χ1v) is 5.72. The van der Waals surface area contributed by atoms with Crippen LogP contribution in [0.2, 0.25) is 0 Å². The van der Waals surface area contributed by atoms with Gasteiger partial charge in [0.05, 0.1) is 6.42 Å². The van der Waals surface area contributed by atoms with Crippen LogP contribution < -0.4 is 5.73 Å². The molecular weight excluding hydrogens is 210 g/mol. The summed E-state index contributed by atoms with van der Waals surface area (Å²) in [4.78, 5) is 13.1. The number of carbonyl (C=O) groups is 1. The standard InChI is InChI=1S/C11H17NO2S/c1-7-4-5-9(15-7)11(3,8(2)12)6-10(13)14/h4-5,8H,6,12H2,1-3H3,(H,13,14). The topological polar surface area (TPSA) is 63.3 Å². The minimum atomic E-state index is -0.805. The van der Waals surface area contributed by atoms with Gasteiger partial charge in [0.2, 0.25) is 0 Å². The summed E-state index contributed by atoms with van der Waals surface area (Å²) in [5.74, 6) is -0.805. The average Bonchev–Trinajstić information content (AvgIpc) is 2.50. The summed E-state index contributed by atoms with van der Waals surface area (Å²) in [5.41, 5.74) is 5.44.